The number of aliphatic hydroxyl groups is 2. The fraction of sp³-hybridized carbons (Fsp3) is 0.625. The lowest BCUT2D eigenvalue weighted by Crippen LogP contribution is -2.67. The van der Waals surface area contributed by atoms with E-state index in [9.17, 15) is 10.2 Å². The first kappa shape index (κ1) is 44.1. The number of hydrogen-bond donors (Lipinski definition) is 2. The second-order valence-corrected chi connectivity index (χ2v) is 17.9. The van der Waals surface area contributed by atoms with Gasteiger partial charge >= 0.3 is 0 Å². The predicted molar refractivity (Wildman–Crippen MR) is 225 cm³/mol. The Morgan fingerprint density at radius 3 is 1.16 bits per heavy atom. The molecule has 3 aromatic carbocycles. The summed E-state index contributed by atoms with van der Waals surface area (Å²) >= 11 is 0. The highest BCUT2D eigenvalue weighted by Gasteiger charge is 2.55. The molecule has 0 radical (unpaired) electrons. The van der Waals surface area contributed by atoms with Gasteiger partial charge in [-0.05, 0) is 127 Å². The molecule has 0 bridgehead atoms. The van der Waals surface area contributed by atoms with Gasteiger partial charge in [0.1, 0.15) is 36.9 Å². The van der Waals surface area contributed by atoms with Crippen molar-refractivity contribution in [1.29, 1.82) is 0 Å². The molecule has 10 unspecified atom stereocenters. The fourth-order valence-corrected chi connectivity index (χ4v) is 9.03. The standard InChI is InChI=1S/C48H72N2O6/c1-13-45(9)29-43(51)33(5)47(11,15-3)49(45)55-35(7)39-21-25-41(26-22-39)53-31-37-17-19-38(20-18-37)32-54-42-27-23-40(24-28-42)36(8)56-50-46(10,14-2)30-44(52)34(6)48(50,12)16-4/h17-28,33-36,43-44,51-52H,13-16,29-32H2,1-12H3. The Hall–Kier alpha value is -2.98. The van der Waals surface area contributed by atoms with Gasteiger partial charge in [0.2, 0.25) is 0 Å². The monoisotopic (exact) mass is 773 g/mol. The molecule has 5 rings (SSSR count). The maximum absolute atomic E-state index is 10.9. The van der Waals surface area contributed by atoms with Gasteiger partial charge in [-0.15, -0.1) is 0 Å². The number of hydroxylamine groups is 4. The smallest absolute Gasteiger partial charge is 0.119 e. The lowest BCUT2D eigenvalue weighted by atomic mass is 9.69. The Kier molecular flexibility index (Phi) is 14.1. The average molecular weight is 773 g/mol. The summed E-state index contributed by atoms with van der Waals surface area (Å²) in [7, 11) is 0. The van der Waals surface area contributed by atoms with Crippen LogP contribution in [-0.4, -0.2) is 54.7 Å². The molecule has 3 aromatic rings. The number of piperidine rings is 2. The molecule has 0 saturated carbocycles. The van der Waals surface area contributed by atoms with Gasteiger partial charge in [-0.2, -0.15) is 10.1 Å². The van der Waals surface area contributed by atoms with Crippen LogP contribution in [0.1, 0.15) is 156 Å². The first-order chi connectivity index (χ1) is 26.5. The van der Waals surface area contributed by atoms with Crippen LogP contribution in [-0.2, 0) is 22.9 Å². The van der Waals surface area contributed by atoms with E-state index in [0.29, 0.717) is 26.1 Å². The fourth-order valence-electron chi connectivity index (χ4n) is 9.03. The first-order valence-electron chi connectivity index (χ1n) is 21.3. The lowest BCUT2D eigenvalue weighted by molar-refractivity contribution is -0.336. The second kappa shape index (κ2) is 17.9. The zero-order valence-corrected chi connectivity index (χ0v) is 36.5. The van der Waals surface area contributed by atoms with Crippen molar-refractivity contribution in [3.05, 3.63) is 95.1 Å². The maximum Gasteiger partial charge on any atom is 0.119 e. The summed E-state index contributed by atoms with van der Waals surface area (Å²) in [5.41, 5.74) is 3.32. The molecule has 2 N–H and O–H groups in total. The van der Waals surface area contributed by atoms with Gasteiger partial charge in [0.05, 0.1) is 12.2 Å². The van der Waals surface area contributed by atoms with Crippen LogP contribution in [0.2, 0.25) is 0 Å². The maximum atomic E-state index is 10.9. The molecule has 0 aliphatic carbocycles. The van der Waals surface area contributed by atoms with E-state index in [4.69, 9.17) is 19.1 Å². The van der Waals surface area contributed by atoms with Crippen molar-refractivity contribution in [2.45, 2.75) is 181 Å². The van der Waals surface area contributed by atoms with Crippen molar-refractivity contribution in [3.63, 3.8) is 0 Å². The van der Waals surface area contributed by atoms with E-state index in [1.807, 2.05) is 24.3 Å². The first-order valence-corrected chi connectivity index (χ1v) is 21.3. The van der Waals surface area contributed by atoms with Gasteiger partial charge in [0.25, 0.3) is 0 Å². The zero-order chi connectivity index (χ0) is 41.1. The zero-order valence-electron chi connectivity index (χ0n) is 36.5. The van der Waals surface area contributed by atoms with E-state index < -0.39 is 0 Å². The molecule has 8 nitrogen and oxygen atoms in total. The molecular formula is C48H72N2O6. The van der Waals surface area contributed by atoms with Gasteiger partial charge in [-0.25, -0.2) is 0 Å². The van der Waals surface area contributed by atoms with Crippen LogP contribution >= 0.6 is 0 Å². The van der Waals surface area contributed by atoms with Gasteiger partial charge in [-0.1, -0.05) is 90.1 Å². The number of benzene rings is 3. The van der Waals surface area contributed by atoms with Crippen LogP contribution in [0.4, 0.5) is 0 Å². The van der Waals surface area contributed by atoms with Crippen LogP contribution in [0.15, 0.2) is 72.8 Å². The van der Waals surface area contributed by atoms with E-state index in [0.717, 1.165) is 59.4 Å². The van der Waals surface area contributed by atoms with Gasteiger partial charge in [0, 0.05) is 34.0 Å². The quantitative estimate of drug-likeness (QED) is 0.149. The van der Waals surface area contributed by atoms with Crippen molar-refractivity contribution in [3.8, 4) is 11.5 Å². The van der Waals surface area contributed by atoms with Gasteiger partial charge in [0.15, 0.2) is 0 Å². The number of nitrogens with zero attached hydrogens (tertiary/aromatic N) is 2. The highest BCUT2D eigenvalue weighted by molar-refractivity contribution is 5.31. The van der Waals surface area contributed by atoms with Gasteiger partial charge in [-0.3, -0.25) is 9.68 Å². The van der Waals surface area contributed by atoms with Crippen molar-refractivity contribution in [2.24, 2.45) is 11.8 Å². The molecular weight excluding hydrogens is 701 g/mol. The van der Waals surface area contributed by atoms with E-state index in [-0.39, 0.29) is 58.4 Å². The summed E-state index contributed by atoms with van der Waals surface area (Å²) in [5.74, 6) is 1.83. The van der Waals surface area contributed by atoms with Gasteiger partial charge < -0.3 is 19.7 Å². The minimum atomic E-state index is -0.344. The third-order valence-corrected chi connectivity index (χ3v) is 14.3. The van der Waals surface area contributed by atoms with Crippen LogP contribution in [0.5, 0.6) is 11.5 Å². The van der Waals surface area contributed by atoms with Crippen LogP contribution in [0.3, 0.4) is 0 Å². The van der Waals surface area contributed by atoms with E-state index in [1.54, 1.807) is 0 Å². The summed E-state index contributed by atoms with van der Waals surface area (Å²) in [5, 5.41) is 26.2. The highest BCUT2D eigenvalue weighted by atomic mass is 16.7. The van der Waals surface area contributed by atoms with Crippen molar-refractivity contribution >= 4 is 0 Å². The summed E-state index contributed by atoms with van der Waals surface area (Å²) < 4.78 is 12.3. The van der Waals surface area contributed by atoms with Crippen LogP contribution in [0.25, 0.3) is 0 Å². The predicted octanol–water partition coefficient (Wildman–Crippen LogP) is 10.9. The number of rotatable bonds is 16. The summed E-state index contributed by atoms with van der Waals surface area (Å²) in [6.45, 7) is 27.0. The Balaban J connectivity index is 1.11. The van der Waals surface area contributed by atoms with Crippen molar-refractivity contribution in [2.75, 3.05) is 0 Å². The minimum Gasteiger partial charge on any atom is -0.489 e. The molecule has 2 saturated heterocycles. The SMILES string of the molecule is CCC1(C)CC(O)C(C)C(C)(CC)N1OC(C)c1ccc(OCc2ccc(COc3ccc(C(C)ON4C(C)(CC)CC(O)C(C)C4(C)CC)cc3)cc2)cc1. The largest absolute Gasteiger partial charge is 0.489 e. The Morgan fingerprint density at radius 2 is 0.875 bits per heavy atom. The molecule has 0 spiro atoms. The lowest BCUT2D eigenvalue weighted by Gasteiger charge is -2.59. The van der Waals surface area contributed by atoms with E-state index in [1.165, 1.54) is 0 Å². The molecule has 0 aromatic heterocycles. The third kappa shape index (κ3) is 9.01. The summed E-state index contributed by atoms with van der Waals surface area (Å²) in [4.78, 5) is 13.5. The molecule has 2 aliphatic heterocycles. The van der Waals surface area contributed by atoms with Crippen LogP contribution < -0.4 is 9.47 Å². The molecule has 0 amide bonds. The minimum absolute atomic E-state index is 0.104. The van der Waals surface area contributed by atoms with Crippen molar-refractivity contribution < 1.29 is 29.4 Å². The number of hydrogen-bond acceptors (Lipinski definition) is 8. The Bertz CT molecular complexity index is 1560. The third-order valence-electron chi connectivity index (χ3n) is 14.3. The summed E-state index contributed by atoms with van der Waals surface area (Å²) in [6, 6.07) is 24.7. The van der Waals surface area contributed by atoms with Crippen molar-refractivity contribution in [1.82, 2.24) is 10.1 Å². The number of aliphatic hydroxyl groups excluding tert-OH is 2. The Morgan fingerprint density at radius 1 is 0.554 bits per heavy atom. The average Bonchev–Trinajstić information content (AvgIpc) is 3.21. The van der Waals surface area contributed by atoms with E-state index >= 15 is 0 Å². The molecule has 2 fully saturated rings. The summed E-state index contributed by atoms with van der Waals surface area (Å²) in [6.07, 6.45) is 3.99. The molecule has 2 aliphatic rings. The highest BCUT2D eigenvalue weighted by Crippen LogP contribution is 2.48. The molecule has 56 heavy (non-hydrogen) atoms. The van der Waals surface area contributed by atoms with E-state index in [2.05, 4.69) is 142 Å². The topological polar surface area (TPSA) is 83.9 Å². The molecule has 310 valence electrons. The normalized spacial score (nSPS) is 32.5. The number of ether oxygens (including phenoxy) is 2. The Labute approximate surface area is 338 Å². The molecule has 2 heterocycles. The van der Waals surface area contributed by atoms with Crippen LogP contribution in [0, 0.1) is 11.8 Å². The second-order valence-electron chi connectivity index (χ2n) is 17.9. The molecule has 10 atom stereocenters. The molecule has 8 heteroatoms.